The Kier molecular flexibility index (Phi) is 6.49. The monoisotopic (exact) mass is 445 g/mol. The predicted octanol–water partition coefficient (Wildman–Crippen LogP) is -0.797. The molecule has 0 aliphatic rings. The number of carboxylic acid groups (broad SMARTS) is 1. The van der Waals surface area contributed by atoms with Gasteiger partial charge in [0.15, 0.2) is 0 Å². The van der Waals surface area contributed by atoms with Crippen molar-refractivity contribution in [2.45, 2.75) is 17.5 Å². The zero-order chi connectivity index (χ0) is 22.6. The molecule has 1 atom stereocenters. The number of benzene rings is 1. The van der Waals surface area contributed by atoms with E-state index >= 15 is 0 Å². The highest BCUT2D eigenvalue weighted by Gasteiger charge is 2.26. The molecule has 0 aliphatic heterocycles. The molecule has 3 aromatic rings. The summed E-state index contributed by atoms with van der Waals surface area (Å²) in [6.07, 6.45) is 1.63. The Morgan fingerprint density at radius 1 is 1.10 bits per heavy atom. The van der Waals surface area contributed by atoms with Gasteiger partial charge in [0.25, 0.3) is 11.5 Å². The molecule has 0 bridgehead atoms. The van der Waals surface area contributed by atoms with Crippen molar-refractivity contribution in [2.75, 3.05) is 6.54 Å². The topological polar surface area (TPSA) is 162 Å². The first-order valence-electron chi connectivity index (χ1n) is 9.24. The van der Waals surface area contributed by atoms with E-state index in [0.717, 1.165) is 11.6 Å². The van der Waals surface area contributed by atoms with Crippen molar-refractivity contribution in [2.24, 2.45) is 0 Å². The lowest BCUT2D eigenvalue weighted by atomic mass is 10.2. The number of nitrogens with one attached hydrogen (secondary N) is 2. The Labute approximate surface area is 177 Å². The van der Waals surface area contributed by atoms with Gasteiger partial charge in [-0.15, -0.1) is 0 Å². The number of nitrogens with zero attached hydrogens (tertiary/aromatic N) is 1. The van der Waals surface area contributed by atoms with Crippen LogP contribution in [0, 0.1) is 0 Å². The van der Waals surface area contributed by atoms with Crippen molar-refractivity contribution >= 4 is 27.4 Å². The van der Waals surface area contributed by atoms with Crippen molar-refractivity contribution in [3.8, 4) is 0 Å². The lowest BCUT2D eigenvalue weighted by molar-refractivity contribution is -0.386. The first kappa shape index (κ1) is 22.2. The number of hydrogen-bond donors (Lipinski definition) is 4. The van der Waals surface area contributed by atoms with Crippen LogP contribution in [0.3, 0.4) is 0 Å². The summed E-state index contributed by atoms with van der Waals surface area (Å²) >= 11 is 0. The van der Waals surface area contributed by atoms with Crippen LogP contribution in [0.15, 0.2) is 70.5 Å². The summed E-state index contributed by atoms with van der Waals surface area (Å²) in [7, 11) is -4.10. The van der Waals surface area contributed by atoms with E-state index in [1.807, 2.05) is 0 Å². The molecular formula is C20H21N4O6S+. The Morgan fingerprint density at radius 2 is 1.81 bits per heavy atom. The molecule has 31 heavy (non-hydrogen) atoms. The maximum Gasteiger partial charge on any atom is 0.323 e. The second-order valence-electron chi connectivity index (χ2n) is 6.70. The van der Waals surface area contributed by atoms with Crippen molar-refractivity contribution in [1.29, 1.82) is 0 Å². The Morgan fingerprint density at radius 3 is 2.45 bits per heavy atom. The Balaban J connectivity index is 1.76. The summed E-state index contributed by atoms with van der Waals surface area (Å²) in [5.74, 6) is -2.16. The molecule has 3 rings (SSSR count). The van der Waals surface area contributed by atoms with E-state index < -0.39 is 40.0 Å². The van der Waals surface area contributed by atoms with Crippen LogP contribution in [0.5, 0.6) is 0 Å². The summed E-state index contributed by atoms with van der Waals surface area (Å²) in [6.45, 7) is -0.0138. The highest BCUT2D eigenvalue weighted by atomic mass is 32.2. The fraction of sp³-hybridized carbons (Fsp3) is 0.150. The minimum absolute atomic E-state index is 0.0300. The number of carboxylic acids is 1. The molecule has 0 fully saturated rings. The molecule has 10 nitrogen and oxygen atoms in total. The zero-order valence-corrected chi connectivity index (χ0v) is 17.1. The number of amides is 1. The third-order valence-corrected chi connectivity index (χ3v) is 6.02. The first-order chi connectivity index (χ1) is 14.7. The average Bonchev–Trinajstić information content (AvgIpc) is 2.76. The molecule has 0 saturated heterocycles. The summed E-state index contributed by atoms with van der Waals surface area (Å²) in [5.41, 5.74) is 4.69. The number of quaternary nitrogens is 1. The summed E-state index contributed by atoms with van der Waals surface area (Å²) in [6, 6.07) is 11.7. The fourth-order valence-electron chi connectivity index (χ4n) is 2.88. The highest BCUT2D eigenvalue weighted by molar-refractivity contribution is 7.89. The van der Waals surface area contributed by atoms with Gasteiger partial charge >= 0.3 is 5.97 Å². The van der Waals surface area contributed by atoms with Gasteiger partial charge in [-0.25, -0.2) is 8.42 Å². The van der Waals surface area contributed by atoms with Gasteiger partial charge in [0, 0.05) is 35.5 Å². The number of pyridine rings is 2. The summed E-state index contributed by atoms with van der Waals surface area (Å²) in [5, 5.41) is 11.7. The van der Waals surface area contributed by atoms with Crippen LogP contribution in [0.4, 0.5) is 0 Å². The van der Waals surface area contributed by atoms with Crippen molar-refractivity contribution < 1.29 is 28.8 Å². The first-order valence-corrected chi connectivity index (χ1v) is 10.7. The molecule has 0 unspecified atom stereocenters. The maximum atomic E-state index is 12.5. The summed E-state index contributed by atoms with van der Waals surface area (Å²) < 4.78 is 28.2. The molecule has 2 heterocycles. The molecular weight excluding hydrogens is 424 g/mol. The summed E-state index contributed by atoms with van der Waals surface area (Å²) in [4.78, 5) is 36.2. The van der Waals surface area contributed by atoms with E-state index in [4.69, 9.17) is 0 Å². The Bertz CT molecular complexity index is 1290. The normalized spacial score (nSPS) is 12.4. The van der Waals surface area contributed by atoms with E-state index in [0.29, 0.717) is 12.1 Å². The minimum Gasteiger partial charge on any atom is -0.480 e. The number of carbonyl (C=O) groups is 2. The molecule has 0 saturated carbocycles. The van der Waals surface area contributed by atoms with E-state index in [2.05, 4.69) is 15.8 Å². The van der Waals surface area contributed by atoms with Crippen LogP contribution >= 0.6 is 0 Å². The highest BCUT2D eigenvalue weighted by Crippen LogP contribution is 2.09. The predicted molar refractivity (Wildman–Crippen MR) is 111 cm³/mol. The number of hydrogen-bond acceptors (Lipinski definition) is 5. The third kappa shape index (κ3) is 5.15. The van der Waals surface area contributed by atoms with Gasteiger partial charge in [-0.05, 0) is 30.3 Å². The van der Waals surface area contributed by atoms with E-state index in [1.165, 1.54) is 34.7 Å². The van der Waals surface area contributed by atoms with Crippen LogP contribution in [-0.4, -0.2) is 42.4 Å². The number of sulfonamides is 1. The standard InChI is InChI=1S/C20H20N4O6S/c21-10-13-6-7-15-8-14(9-18(25)24(15)12-13)19(26)22-11-17(20(27)28)23-31(29,30)16-4-2-1-3-5-16/h1-9,12,17,23H,10-11,21H2,(H,22,26)(H,27,28)/p+1/t17-/m0/s1. The number of aromatic nitrogens is 1. The quantitative estimate of drug-likeness (QED) is 0.355. The second-order valence-corrected chi connectivity index (χ2v) is 8.41. The largest absolute Gasteiger partial charge is 0.480 e. The molecule has 2 aromatic heterocycles. The SMILES string of the molecule is [NH3+]Cc1ccc2cc(C(=O)NC[C@H](NS(=O)(=O)c3ccccc3)C(=O)O)cc(=O)n2c1. The van der Waals surface area contributed by atoms with Gasteiger partial charge in [0.05, 0.1) is 4.90 Å². The van der Waals surface area contributed by atoms with Crippen molar-refractivity contribution in [3.63, 3.8) is 0 Å². The van der Waals surface area contributed by atoms with Crippen LogP contribution < -0.4 is 21.3 Å². The van der Waals surface area contributed by atoms with Gasteiger partial charge < -0.3 is 16.2 Å². The van der Waals surface area contributed by atoms with E-state index in [-0.39, 0.29) is 10.5 Å². The zero-order valence-electron chi connectivity index (χ0n) is 16.3. The van der Waals surface area contributed by atoms with E-state index in [9.17, 15) is 27.9 Å². The lowest BCUT2D eigenvalue weighted by Gasteiger charge is -2.16. The van der Waals surface area contributed by atoms with Crippen LogP contribution in [0.25, 0.3) is 5.52 Å². The second kappa shape index (κ2) is 9.08. The molecule has 0 radical (unpaired) electrons. The van der Waals surface area contributed by atoms with Gasteiger partial charge in [-0.1, -0.05) is 18.2 Å². The molecule has 162 valence electrons. The molecule has 11 heteroatoms. The minimum atomic E-state index is -4.10. The smallest absolute Gasteiger partial charge is 0.323 e. The third-order valence-electron chi connectivity index (χ3n) is 4.53. The van der Waals surface area contributed by atoms with Crippen LogP contribution in [-0.2, 0) is 21.4 Å². The van der Waals surface area contributed by atoms with E-state index in [1.54, 1.807) is 24.4 Å². The van der Waals surface area contributed by atoms with Gasteiger partial charge in [-0.3, -0.25) is 18.8 Å². The van der Waals surface area contributed by atoms with Crippen LogP contribution in [0.1, 0.15) is 15.9 Å². The molecule has 1 amide bonds. The average molecular weight is 445 g/mol. The van der Waals surface area contributed by atoms with Crippen molar-refractivity contribution in [3.05, 3.63) is 82.3 Å². The number of rotatable bonds is 8. The number of aliphatic carboxylic acids is 1. The molecule has 1 aromatic carbocycles. The number of carbonyl (C=O) groups excluding carboxylic acids is 1. The maximum absolute atomic E-state index is 12.5. The fourth-order valence-corrected chi connectivity index (χ4v) is 4.09. The molecule has 6 N–H and O–H groups in total. The number of fused-ring (bicyclic) bond motifs is 1. The van der Waals surface area contributed by atoms with Crippen LogP contribution in [0.2, 0.25) is 0 Å². The van der Waals surface area contributed by atoms with Gasteiger partial charge in [0.1, 0.15) is 12.6 Å². The van der Waals surface area contributed by atoms with Gasteiger partial charge in [0.2, 0.25) is 10.0 Å². The molecule has 0 spiro atoms. The Hall–Kier alpha value is -3.54. The van der Waals surface area contributed by atoms with Gasteiger partial charge in [-0.2, -0.15) is 4.72 Å². The molecule has 0 aliphatic carbocycles. The van der Waals surface area contributed by atoms with Crippen molar-refractivity contribution in [1.82, 2.24) is 14.4 Å². The lowest BCUT2D eigenvalue weighted by Crippen LogP contribution is -2.48.